The van der Waals surface area contributed by atoms with Crippen molar-refractivity contribution in [3.05, 3.63) is 42.0 Å². The molecule has 0 unspecified atom stereocenters. The number of halogens is 1. The maximum atomic E-state index is 13.7. The number of benzene rings is 1. The van der Waals surface area contributed by atoms with Gasteiger partial charge in [-0.1, -0.05) is 0 Å². The smallest absolute Gasteiger partial charge is 0.246 e. The van der Waals surface area contributed by atoms with E-state index in [4.69, 9.17) is 5.73 Å². The van der Waals surface area contributed by atoms with Gasteiger partial charge in [0.15, 0.2) is 0 Å². The number of hydrogen-bond acceptors (Lipinski definition) is 4. The van der Waals surface area contributed by atoms with Crippen LogP contribution in [0.2, 0.25) is 0 Å². The van der Waals surface area contributed by atoms with Crippen molar-refractivity contribution in [3.8, 4) is 0 Å². The van der Waals surface area contributed by atoms with Gasteiger partial charge >= 0.3 is 0 Å². The van der Waals surface area contributed by atoms with E-state index in [1.165, 1.54) is 19.2 Å². The van der Waals surface area contributed by atoms with Crippen molar-refractivity contribution in [2.24, 2.45) is 7.05 Å². The van der Waals surface area contributed by atoms with Crippen LogP contribution in [0.1, 0.15) is 5.56 Å². The number of anilines is 1. The molecule has 108 valence electrons. The lowest BCUT2D eigenvalue weighted by Crippen LogP contribution is -2.27. The summed E-state index contributed by atoms with van der Waals surface area (Å²) in [4.78, 5) is -0.391. The van der Waals surface area contributed by atoms with Gasteiger partial charge in [0.2, 0.25) is 10.0 Å². The minimum absolute atomic E-state index is 0.111. The Morgan fingerprint density at radius 3 is 2.70 bits per heavy atom. The monoisotopic (exact) mass is 298 g/mol. The molecule has 0 amide bonds. The highest BCUT2D eigenvalue weighted by Gasteiger charge is 2.24. The SMILES string of the molecule is CN(Cc1cnn(C)c1)S(=O)(=O)c1ccc(N)cc1F. The highest BCUT2D eigenvalue weighted by Crippen LogP contribution is 2.21. The Balaban J connectivity index is 2.29. The summed E-state index contributed by atoms with van der Waals surface area (Å²) in [5, 5.41) is 3.96. The second-order valence-corrected chi connectivity index (χ2v) is 6.49. The van der Waals surface area contributed by atoms with Gasteiger partial charge in [0.25, 0.3) is 0 Å². The van der Waals surface area contributed by atoms with E-state index in [0.29, 0.717) is 0 Å². The minimum atomic E-state index is -3.91. The van der Waals surface area contributed by atoms with E-state index in [2.05, 4.69) is 5.10 Å². The fraction of sp³-hybridized carbons (Fsp3) is 0.250. The zero-order chi connectivity index (χ0) is 14.9. The Morgan fingerprint density at radius 2 is 2.15 bits per heavy atom. The molecule has 2 N–H and O–H groups in total. The van der Waals surface area contributed by atoms with Crippen molar-refractivity contribution in [3.63, 3.8) is 0 Å². The lowest BCUT2D eigenvalue weighted by molar-refractivity contribution is 0.460. The standard InChI is InChI=1S/C12H15FN4O2S/c1-16-7-9(6-15-16)8-17(2)20(18,19)12-4-3-10(14)5-11(12)13/h3-7H,8,14H2,1-2H3. The molecular formula is C12H15FN4O2S. The predicted molar refractivity (Wildman–Crippen MR) is 72.7 cm³/mol. The van der Waals surface area contributed by atoms with Gasteiger partial charge in [-0.15, -0.1) is 0 Å². The van der Waals surface area contributed by atoms with Gasteiger partial charge in [0.1, 0.15) is 10.7 Å². The molecule has 6 nitrogen and oxygen atoms in total. The van der Waals surface area contributed by atoms with E-state index in [0.717, 1.165) is 15.9 Å². The fourth-order valence-electron chi connectivity index (χ4n) is 1.79. The predicted octanol–water partition coefficient (Wildman–Crippen LogP) is 0.962. The molecule has 1 aromatic carbocycles. The molecule has 0 spiro atoms. The minimum Gasteiger partial charge on any atom is -0.399 e. The molecule has 0 aliphatic carbocycles. The summed E-state index contributed by atoms with van der Waals surface area (Å²) in [6, 6.07) is 3.51. The van der Waals surface area contributed by atoms with Crippen molar-refractivity contribution in [1.82, 2.24) is 14.1 Å². The Kier molecular flexibility index (Phi) is 3.78. The third-order valence-electron chi connectivity index (χ3n) is 2.81. The average Bonchev–Trinajstić information content (AvgIpc) is 2.74. The molecular weight excluding hydrogens is 283 g/mol. The van der Waals surface area contributed by atoms with Crippen LogP contribution >= 0.6 is 0 Å². The van der Waals surface area contributed by atoms with Crippen LogP contribution in [0.5, 0.6) is 0 Å². The van der Waals surface area contributed by atoms with Crippen molar-refractivity contribution in [2.45, 2.75) is 11.4 Å². The van der Waals surface area contributed by atoms with E-state index in [9.17, 15) is 12.8 Å². The molecule has 0 atom stereocenters. The van der Waals surface area contributed by atoms with Gasteiger partial charge in [0, 0.05) is 38.1 Å². The Labute approximate surface area is 116 Å². The summed E-state index contributed by atoms with van der Waals surface area (Å²) in [5.41, 5.74) is 6.31. The van der Waals surface area contributed by atoms with Crippen LogP contribution < -0.4 is 5.73 Å². The molecule has 0 bridgehead atoms. The van der Waals surface area contributed by atoms with Crippen LogP contribution in [-0.2, 0) is 23.6 Å². The number of nitrogens with two attached hydrogens (primary N) is 1. The molecule has 2 rings (SSSR count). The first-order valence-corrected chi connectivity index (χ1v) is 7.23. The van der Waals surface area contributed by atoms with Gasteiger partial charge in [-0.3, -0.25) is 4.68 Å². The third-order valence-corrected chi connectivity index (χ3v) is 4.64. The maximum absolute atomic E-state index is 13.7. The molecule has 2 aromatic rings. The van der Waals surface area contributed by atoms with Crippen LogP contribution in [0, 0.1) is 5.82 Å². The average molecular weight is 298 g/mol. The second kappa shape index (κ2) is 5.22. The molecule has 1 aromatic heterocycles. The van der Waals surface area contributed by atoms with E-state index in [1.807, 2.05) is 0 Å². The molecule has 0 aliphatic heterocycles. The van der Waals surface area contributed by atoms with Crippen LogP contribution in [-0.4, -0.2) is 29.6 Å². The zero-order valence-corrected chi connectivity index (χ0v) is 11.9. The Hall–Kier alpha value is -1.93. The quantitative estimate of drug-likeness (QED) is 0.853. The highest BCUT2D eigenvalue weighted by molar-refractivity contribution is 7.89. The van der Waals surface area contributed by atoms with E-state index < -0.39 is 20.7 Å². The summed E-state index contributed by atoms with van der Waals surface area (Å²) < 4.78 is 41.0. The topological polar surface area (TPSA) is 81.2 Å². The first-order valence-electron chi connectivity index (χ1n) is 5.79. The number of hydrogen-bond donors (Lipinski definition) is 1. The summed E-state index contributed by atoms with van der Waals surface area (Å²) >= 11 is 0. The molecule has 8 heteroatoms. The number of aromatic nitrogens is 2. The highest BCUT2D eigenvalue weighted by atomic mass is 32.2. The van der Waals surface area contributed by atoms with Gasteiger partial charge in [-0.05, 0) is 18.2 Å². The Morgan fingerprint density at radius 1 is 1.45 bits per heavy atom. The Bertz CT molecular complexity index is 727. The molecule has 0 fully saturated rings. The van der Waals surface area contributed by atoms with Crippen LogP contribution in [0.3, 0.4) is 0 Å². The zero-order valence-electron chi connectivity index (χ0n) is 11.1. The number of nitrogen functional groups attached to an aromatic ring is 1. The molecule has 0 saturated carbocycles. The number of aryl methyl sites for hydroxylation is 1. The van der Waals surface area contributed by atoms with Crippen LogP contribution in [0.4, 0.5) is 10.1 Å². The van der Waals surface area contributed by atoms with Crippen molar-refractivity contribution in [2.75, 3.05) is 12.8 Å². The lowest BCUT2D eigenvalue weighted by atomic mass is 10.3. The lowest BCUT2D eigenvalue weighted by Gasteiger charge is -2.16. The number of nitrogens with zero attached hydrogens (tertiary/aromatic N) is 3. The molecule has 1 heterocycles. The summed E-state index contributed by atoms with van der Waals surface area (Å²) in [7, 11) is -0.789. The normalized spacial score (nSPS) is 12.0. The van der Waals surface area contributed by atoms with Crippen molar-refractivity contribution < 1.29 is 12.8 Å². The first-order chi connectivity index (χ1) is 9.30. The molecule has 0 radical (unpaired) electrons. The van der Waals surface area contributed by atoms with Gasteiger partial charge in [-0.2, -0.15) is 9.40 Å². The molecule has 20 heavy (non-hydrogen) atoms. The van der Waals surface area contributed by atoms with Crippen LogP contribution in [0.25, 0.3) is 0 Å². The van der Waals surface area contributed by atoms with E-state index >= 15 is 0 Å². The number of rotatable bonds is 4. The number of sulfonamides is 1. The molecule has 0 saturated heterocycles. The van der Waals surface area contributed by atoms with Gasteiger partial charge < -0.3 is 5.73 Å². The summed E-state index contributed by atoms with van der Waals surface area (Å²) in [6.45, 7) is 0.111. The van der Waals surface area contributed by atoms with E-state index in [1.54, 1.807) is 24.1 Å². The maximum Gasteiger partial charge on any atom is 0.246 e. The second-order valence-electron chi connectivity index (χ2n) is 4.47. The summed E-state index contributed by atoms with van der Waals surface area (Å²) in [5.74, 6) is -0.858. The fourth-order valence-corrected chi connectivity index (χ4v) is 2.99. The van der Waals surface area contributed by atoms with Gasteiger partial charge in [-0.25, -0.2) is 12.8 Å². The third kappa shape index (κ3) is 2.81. The van der Waals surface area contributed by atoms with Crippen molar-refractivity contribution in [1.29, 1.82) is 0 Å². The summed E-state index contributed by atoms with van der Waals surface area (Å²) in [6.07, 6.45) is 3.26. The van der Waals surface area contributed by atoms with E-state index in [-0.39, 0.29) is 12.2 Å². The van der Waals surface area contributed by atoms with Crippen LogP contribution in [0.15, 0.2) is 35.5 Å². The van der Waals surface area contributed by atoms with Gasteiger partial charge in [0.05, 0.1) is 6.20 Å². The largest absolute Gasteiger partial charge is 0.399 e. The van der Waals surface area contributed by atoms with Crippen molar-refractivity contribution >= 4 is 15.7 Å². The molecule has 0 aliphatic rings. The first kappa shape index (κ1) is 14.5.